The van der Waals surface area contributed by atoms with Gasteiger partial charge in [0, 0.05) is 24.0 Å². The van der Waals surface area contributed by atoms with Crippen LogP contribution in [-0.4, -0.2) is 15.0 Å². The summed E-state index contributed by atoms with van der Waals surface area (Å²) >= 11 is 0. The van der Waals surface area contributed by atoms with Crippen LogP contribution in [0.4, 0.5) is 22.0 Å². The van der Waals surface area contributed by atoms with Crippen molar-refractivity contribution in [3.63, 3.8) is 0 Å². The summed E-state index contributed by atoms with van der Waals surface area (Å²) in [6, 6.07) is 6.09. The van der Waals surface area contributed by atoms with Gasteiger partial charge in [0.1, 0.15) is 11.8 Å². The van der Waals surface area contributed by atoms with Crippen molar-refractivity contribution in [3.05, 3.63) is 80.9 Å². The lowest BCUT2D eigenvalue weighted by molar-refractivity contribution is -0.138. The maximum Gasteiger partial charge on any atom is 0.418 e. The normalized spacial score (nSPS) is 11.5. The molecule has 0 saturated heterocycles. The molecule has 6 nitrogen and oxygen atoms in total. The second kappa shape index (κ2) is 8.22. The van der Waals surface area contributed by atoms with Gasteiger partial charge < -0.3 is 9.72 Å². The fourth-order valence-electron chi connectivity index (χ4n) is 3.53. The predicted molar refractivity (Wildman–Crippen MR) is 111 cm³/mol. The zero-order valence-corrected chi connectivity index (χ0v) is 17.5. The van der Waals surface area contributed by atoms with Crippen LogP contribution in [-0.2, 0) is 6.18 Å². The molecule has 0 fully saturated rings. The number of aromatic nitrogens is 3. The summed E-state index contributed by atoms with van der Waals surface area (Å²) < 4.78 is 73.9. The van der Waals surface area contributed by atoms with Crippen LogP contribution in [0.5, 0.6) is 11.6 Å². The summed E-state index contributed by atoms with van der Waals surface area (Å²) in [5, 5.41) is 9.18. The van der Waals surface area contributed by atoms with Crippen LogP contribution < -0.4 is 10.2 Å². The number of H-pyrrole nitrogens is 1. The van der Waals surface area contributed by atoms with Gasteiger partial charge in [-0.1, -0.05) is 0 Å². The van der Waals surface area contributed by atoms with Crippen molar-refractivity contribution < 1.29 is 26.7 Å². The Bertz CT molecular complexity index is 1550. The highest BCUT2D eigenvalue weighted by molar-refractivity contribution is 5.86. The van der Waals surface area contributed by atoms with Crippen molar-refractivity contribution in [1.82, 2.24) is 15.0 Å². The lowest BCUT2D eigenvalue weighted by atomic mass is 10.0. The smallest absolute Gasteiger partial charge is 0.418 e. The van der Waals surface area contributed by atoms with Gasteiger partial charge in [-0.3, -0.25) is 4.79 Å². The minimum absolute atomic E-state index is 0.0368. The zero-order valence-electron chi connectivity index (χ0n) is 17.5. The van der Waals surface area contributed by atoms with Gasteiger partial charge in [0.2, 0.25) is 5.88 Å². The molecule has 3 aromatic heterocycles. The predicted octanol–water partition coefficient (Wildman–Crippen LogP) is 5.56. The lowest BCUT2D eigenvalue weighted by Gasteiger charge is -2.18. The largest absolute Gasteiger partial charge is 0.438 e. The van der Waals surface area contributed by atoms with Crippen molar-refractivity contribution in [2.45, 2.75) is 20.0 Å². The van der Waals surface area contributed by atoms with Gasteiger partial charge in [-0.25, -0.2) is 18.7 Å². The molecule has 0 aliphatic rings. The number of ether oxygens (including phenoxy) is 1. The maximum atomic E-state index is 14.0. The first-order chi connectivity index (χ1) is 16.0. The number of halogens is 5. The van der Waals surface area contributed by atoms with Gasteiger partial charge in [0.05, 0.1) is 27.7 Å². The van der Waals surface area contributed by atoms with Gasteiger partial charge in [0.25, 0.3) is 0 Å². The first kappa shape index (κ1) is 22.8. The molecule has 0 unspecified atom stereocenters. The Labute approximate surface area is 188 Å². The first-order valence-corrected chi connectivity index (χ1v) is 9.64. The third-order valence-corrected chi connectivity index (χ3v) is 5.22. The minimum Gasteiger partial charge on any atom is -0.438 e. The molecule has 0 bridgehead atoms. The summed E-state index contributed by atoms with van der Waals surface area (Å²) in [5.74, 6) is -2.85. The first-order valence-electron chi connectivity index (χ1n) is 9.64. The van der Waals surface area contributed by atoms with Crippen LogP contribution in [0.2, 0.25) is 0 Å². The van der Waals surface area contributed by atoms with E-state index >= 15 is 0 Å². The SMILES string of the molecule is Cc1c(Oc2ncc(C(F)(F)F)c(C)c2-c2cc(=O)c3c(C#N)nccc3[nH]2)ccc(F)c1F. The highest BCUT2D eigenvalue weighted by atomic mass is 19.4. The van der Waals surface area contributed by atoms with E-state index in [9.17, 15) is 32.0 Å². The molecule has 11 heteroatoms. The van der Waals surface area contributed by atoms with Gasteiger partial charge in [-0.2, -0.15) is 18.4 Å². The fourth-order valence-corrected chi connectivity index (χ4v) is 3.53. The summed E-state index contributed by atoms with van der Waals surface area (Å²) in [5.41, 5.74) is -2.58. The summed E-state index contributed by atoms with van der Waals surface area (Å²) in [6.45, 7) is 2.40. The van der Waals surface area contributed by atoms with E-state index in [4.69, 9.17) is 4.74 Å². The monoisotopic (exact) mass is 472 g/mol. The average Bonchev–Trinajstić information content (AvgIpc) is 2.78. The molecule has 1 aromatic carbocycles. The molecule has 0 atom stereocenters. The number of pyridine rings is 3. The van der Waals surface area contributed by atoms with E-state index < -0.39 is 28.8 Å². The molecule has 4 aromatic rings. The van der Waals surface area contributed by atoms with Crippen LogP contribution in [0.1, 0.15) is 22.4 Å². The van der Waals surface area contributed by atoms with Crippen molar-refractivity contribution in [2.75, 3.05) is 0 Å². The van der Waals surface area contributed by atoms with Gasteiger partial charge in [-0.15, -0.1) is 0 Å². The third kappa shape index (κ3) is 3.83. The van der Waals surface area contributed by atoms with Crippen molar-refractivity contribution >= 4 is 10.9 Å². The Morgan fingerprint density at radius 2 is 1.82 bits per heavy atom. The summed E-state index contributed by atoms with van der Waals surface area (Å²) in [7, 11) is 0. The molecule has 0 saturated carbocycles. The molecule has 0 radical (unpaired) electrons. The molecule has 1 N–H and O–H groups in total. The minimum atomic E-state index is -4.77. The Balaban J connectivity index is 2.00. The van der Waals surface area contributed by atoms with E-state index in [0.29, 0.717) is 6.20 Å². The molecule has 0 amide bonds. The highest BCUT2D eigenvalue weighted by Crippen LogP contribution is 2.41. The van der Waals surface area contributed by atoms with Gasteiger partial charge in [0.15, 0.2) is 22.8 Å². The number of hydrogen-bond donors (Lipinski definition) is 1. The Morgan fingerprint density at radius 1 is 1.09 bits per heavy atom. The standard InChI is InChI=1S/C23H13F5N4O2/c1-10-12(23(26,27)28)9-31-22(34-18-4-3-13(24)21(25)11(18)2)19(10)15-7-17(33)20-14(32-15)5-6-30-16(20)8-29/h3-7,9H,1-2H3,(H,32,33). The molecule has 172 valence electrons. The Hall–Kier alpha value is -4.33. The molecule has 3 heterocycles. The molecule has 4 rings (SSSR count). The molecular weight excluding hydrogens is 459 g/mol. The zero-order chi connectivity index (χ0) is 24.8. The Kier molecular flexibility index (Phi) is 5.53. The molecular formula is C23H13F5N4O2. The third-order valence-electron chi connectivity index (χ3n) is 5.22. The fraction of sp³-hybridized carbons (Fsp3) is 0.130. The van der Waals surface area contributed by atoms with E-state index in [-0.39, 0.29) is 50.6 Å². The van der Waals surface area contributed by atoms with Crippen LogP contribution >= 0.6 is 0 Å². The van der Waals surface area contributed by atoms with E-state index in [1.54, 1.807) is 6.07 Å². The number of nitrogens with one attached hydrogen (secondary N) is 1. The quantitative estimate of drug-likeness (QED) is 0.394. The van der Waals surface area contributed by atoms with Gasteiger partial charge >= 0.3 is 6.18 Å². The number of nitriles is 1. The van der Waals surface area contributed by atoms with Crippen LogP contribution in [0, 0.1) is 36.8 Å². The topological polar surface area (TPSA) is 91.7 Å². The maximum absolute atomic E-state index is 14.0. The number of alkyl halides is 3. The van der Waals surface area contributed by atoms with Crippen molar-refractivity contribution in [2.24, 2.45) is 0 Å². The molecule has 0 aliphatic heterocycles. The number of fused-ring (bicyclic) bond motifs is 1. The second-order valence-corrected chi connectivity index (χ2v) is 7.30. The molecule has 0 aliphatic carbocycles. The highest BCUT2D eigenvalue weighted by Gasteiger charge is 2.35. The summed E-state index contributed by atoms with van der Waals surface area (Å²) in [6.07, 6.45) is -2.95. The van der Waals surface area contributed by atoms with Crippen LogP contribution in [0.25, 0.3) is 22.2 Å². The number of hydrogen-bond acceptors (Lipinski definition) is 5. The number of aromatic amines is 1. The average molecular weight is 472 g/mol. The van der Waals surface area contributed by atoms with E-state index in [1.165, 1.54) is 26.1 Å². The van der Waals surface area contributed by atoms with Crippen molar-refractivity contribution in [1.29, 1.82) is 5.26 Å². The second-order valence-electron chi connectivity index (χ2n) is 7.30. The number of rotatable bonds is 3. The lowest BCUT2D eigenvalue weighted by Crippen LogP contribution is -2.12. The van der Waals surface area contributed by atoms with Gasteiger partial charge in [-0.05, 0) is 37.6 Å². The Morgan fingerprint density at radius 3 is 2.50 bits per heavy atom. The molecule has 34 heavy (non-hydrogen) atoms. The number of nitrogens with zero attached hydrogens (tertiary/aromatic N) is 3. The van der Waals surface area contributed by atoms with E-state index in [1.807, 2.05) is 0 Å². The van der Waals surface area contributed by atoms with Crippen LogP contribution in [0.3, 0.4) is 0 Å². The number of benzene rings is 1. The van der Waals surface area contributed by atoms with Crippen LogP contribution in [0.15, 0.2) is 41.5 Å². The summed E-state index contributed by atoms with van der Waals surface area (Å²) in [4.78, 5) is 23.2. The molecule has 0 spiro atoms. The van der Waals surface area contributed by atoms with E-state index in [0.717, 1.165) is 18.2 Å². The van der Waals surface area contributed by atoms with E-state index in [2.05, 4.69) is 15.0 Å². The van der Waals surface area contributed by atoms with Crippen molar-refractivity contribution in [3.8, 4) is 29.0 Å².